The van der Waals surface area contributed by atoms with E-state index in [1.165, 1.54) is 22.3 Å². The monoisotopic (exact) mass is 285 g/mol. The highest BCUT2D eigenvalue weighted by Gasteiger charge is 2.18. The molecule has 1 nitrogen and oxygen atoms in total. The molecule has 22 heavy (non-hydrogen) atoms. The van der Waals surface area contributed by atoms with E-state index >= 15 is 0 Å². The van der Waals surface area contributed by atoms with Gasteiger partial charge in [0.05, 0.1) is 6.54 Å². The predicted molar refractivity (Wildman–Crippen MR) is 94.2 cm³/mol. The summed E-state index contributed by atoms with van der Waals surface area (Å²) in [7, 11) is 1.99. The summed E-state index contributed by atoms with van der Waals surface area (Å²) in [5, 5.41) is 0. The van der Waals surface area contributed by atoms with E-state index in [2.05, 4.69) is 67.1 Å². The molecular formula is C21H19N. The van der Waals surface area contributed by atoms with E-state index in [4.69, 9.17) is 6.42 Å². The summed E-state index contributed by atoms with van der Waals surface area (Å²) >= 11 is 0. The van der Waals surface area contributed by atoms with Crippen LogP contribution < -0.4 is 0 Å². The van der Waals surface area contributed by atoms with Crippen LogP contribution in [0.1, 0.15) is 22.3 Å². The number of hydrogen-bond donors (Lipinski definition) is 0. The first kappa shape index (κ1) is 14.2. The van der Waals surface area contributed by atoms with E-state index in [0.717, 1.165) is 17.7 Å². The Balaban J connectivity index is 2.16. The SMILES string of the molecule is C#CCN(C)C(=C)C1=Cc2ccccc2Cc2ccccc21. The largest absolute Gasteiger partial charge is 0.363 e. The zero-order valence-electron chi connectivity index (χ0n) is 12.8. The van der Waals surface area contributed by atoms with Crippen molar-refractivity contribution in [2.45, 2.75) is 6.42 Å². The fourth-order valence-corrected chi connectivity index (χ4v) is 2.89. The number of likely N-dealkylation sites (N-methyl/N-ethyl adjacent to an activating group) is 1. The molecule has 1 aliphatic carbocycles. The number of terminal acetylenes is 1. The summed E-state index contributed by atoms with van der Waals surface area (Å²) in [4.78, 5) is 2.02. The van der Waals surface area contributed by atoms with Crippen molar-refractivity contribution < 1.29 is 0 Å². The van der Waals surface area contributed by atoms with Gasteiger partial charge in [0, 0.05) is 18.3 Å². The van der Waals surface area contributed by atoms with Crippen LogP contribution in [-0.2, 0) is 6.42 Å². The van der Waals surface area contributed by atoms with Gasteiger partial charge in [-0.25, -0.2) is 0 Å². The lowest BCUT2D eigenvalue weighted by Crippen LogP contribution is -2.18. The van der Waals surface area contributed by atoms with Crippen molar-refractivity contribution in [2.75, 3.05) is 13.6 Å². The minimum atomic E-state index is 0.556. The molecule has 2 aromatic carbocycles. The van der Waals surface area contributed by atoms with Crippen LogP contribution in [0.2, 0.25) is 0 Å². The highest BCUT2D eigenvalue weighted by molar-refractivity contribution is 5.93. The maximum atomic E-state index is 5.45. The Kier molecular flexibility index (Phi) is 3.85. The van der Waals surface area contributed by atoms with Gasteiger partial charge < -0.3 is 4.90 Å². The summed E-state index contributed by atoms with van der Waals surface area (Å²) in [6.45, 7) is 4.83. The van der Waals surface area contributed by atoms with Crippen LogP contribution in [0.4, 0.5) is 0 Å². The minimum Gasteiger partial charge on any atom is -0.363 e. The second-order valence-electron chi connectivity index (χ2n) is 5.60. The Bertz CT molecular complexity index is 790. The normalized spacial score (nSPS) is 12.3. The van der Waals surface area contributed by atoms with Crippen molar-refractivity contribution in [2.24, 2.45) is 0 Å². The first-order chi connectivity index (χ1) is 10.7. The number of rotatable bonds is 3. The zero-order valence-corrected chi connectivity index (χ0v) is 12.8. The Labute approximate surface area is 132 Å². The van der Waals surface area contributed by atoms with Gasteiger partial charge in [-0.1, -0.05) is 61.0 Å². The van der Waals surface area contributed by atoms with E-state index in [1.807, 2.05) is 11.9 Å². The van der Waals surface area contributed by atoms with Gasteiger partial charge in [-0.15, -0.1) is 6.42 Å². The van der Waals surface area contributed by atoms with Gasteiger partial charge in [-0.3, -0.25) is 0 Å². The maximum Gasteiger partial charge on any atom is 0.0788 e. The zero-order chi connectivity index (χ0) is 15.5. The van der Waals surface area contributed by atoms with Crippen LogP contribution in [0, 0.1) is 12.3 Å². The third-order valence-electron chi connectivity index (χ3n) is 4.14. The van der Waals surface area contributed by atoms with E-state index in [0.29, 0.717) is 6.54 Å². The molecule has 0 heterocycles. The average Bonchev–Trinajstić information content (AvgIpc) is 2.71. The van der Waals surface area contributed by atoms with Crippen LogP contribution in [0.5, 0.6) is 0 Å². The molecule has 1 heteroatoms. The molecule has 0 saturated heterocycles. The number of fused-ring (bicyclic) bond motifs is 2. The number of allylic oxidation sites excluding steroid dienone is 1. The van der Waals surface area contributed by atoms with Crippen molar-refractivity contribution in [3.8, 4) is 12.3 Å². The molecule has 0 fully saturated rings. The predicted octanol–water partition coefficient (Wildman–Crippen LogP) is 4.21. The molecule has 0 aromatic heterocycles. The number of hydrogen-bond acceptors (Lipinski definition) is 1. The van der Waals surface area contributed by atoms with Gasteiger partial charge in [-0.2, -0.15) is 0 Å². The third-order valence-corrected chi connectivity index (χ3v) is 4.14. The Hall–Kier alpha value is -2.72. The number of benzene rings is 2. The highest BCUT2D eigenvalue weighted by Crippen LogP contribution is 2.34. The Morgan fingerprint density at radius 3 is 2.59 bits per heavy atom. The molecular weight excluding hydrogens is 266 g/mol. The van der Waals surface area contributed by atoms with Crippen LogP contribution >= 0.6 is 0 Å². The molecule has 108 valence electrons. The standard InChI is InChI=1S/C21H19N/c1-4-13-22(3)16(2)21-15-18-10-6-5-9-17(18)14-19-11-7-8-12-20(19)21/h1,5-12,15H,2,13-14H2,3H3. The quantitative estimate of drug-likeness (QED) is 0.764. The molecule has 3 rings (SSSR count). The smallest absolute Gasteiger partial charge is 0.0788 e. The highest BCUT2D eigenvalue weighted by atomic mass is 15.1. The molecule has 0 unspecified atom stereocenters. The van der Waals surface area contributed by atoms with Crippen LogP contribution in [0.25, 0.3) is 11.6 Å². The van der Waals surface area contributed by atoms with Crippen molar-refractivity contribution in [3.05, 3.63) is 83.1 Å². The fraction of sp³-hybridized carbons (Fsp3) is 0.143. The summed E-state index contributed by atoms with van der Waals surface area (Å²) in [5.74, 6) is 2.68. The Morgan fingerprint density at radius 1 is 1.14 bits per heavy atom. The molecule has 1 aliphatic rings. The van der Waals surface area contributed by atoms with Crippen molar-refractivity contribution in [1.82, 2.24) is 4.90 Å². The average molecular weight is 285 g/mol. The minimum absolute atomic E-state index is 0.556. The molecule has 0 spiro atoms. The molecule has 0 radical (unpaired) electrons. The molecule has 0 saturated carbocycles. The first-order valence-electron chi connectivity index (χ1n) is 7.42. The van der Waals surface area contributed by atoms with Gasteiger partial charge in [0.15, 0.2) is 0 Å². The van der Waals surface area contributed by atoms with Crippen molar-refractivity contribution >= 4 is 11.6 Å². The molecule has 0 bridgehead atoms. The topological polar surface area (TPSA) is 3.24 Å². The van der Waals surface area contributed by atoms with Gasteiger partial charge >= 0.3 is 0 Å². The molecule has 0 aliphatic heterocycles. The van der Waals surface area contributed by atoms with Crippen molar-refractivity contribution in [1.29, 1.82) is 0 Å². The third kappa shape index (κ3) is 2.56. The van der Waals surface area contributed by atoms with Crippen LogP contribution in [-0.4, -0.2) is 18.5 Å². The first-order valence-corrected chi connectivity index (χ1v) is 7.42. The summed E-state index contributed by atoms with van der Waals surface area (Å²) in [6, 6.07) is 17.1. The molecule has 0 amide bonds. The lowest BCUT2D eigenvalue weighted by molar-refractivity contribution is 0.494. The summed E-state index contributed by atoms with van der Waals surface area (Å²) < 4.78 is 0. The Morgan fingerprint density at radius 2 is 1.82 bits per heavy atom. The fourth-order valence-electron chi connectivity index (χ4n) is 2.89. The van der Waals surface area contributed by atoms with Gasteiger partial charge in [0.1, 0.15) is 0 Å². The van der Waals surface area contributed by atoms with Crippen LogP contribution in [0.15, 0.2) is 60.8 Å². The van der Waals surface area contributed by atoms with Crippen molar-refractivity contribution in [3.63, 3.8) is 0 Å². The van der Waals surface area contributed by atoms with Gasteiger partial charge in [-0.05, 0) is 34.8 Å². The molecule has 2 aromatic rings. The van der Waals surface area contributed by atoms with Gasteiger partial charge in [0.2, 0.25) is 0 Å². The van der Waals surface area contributed by atoms with E-state index < -0.39 is 0 Å². The van der Waals surface area contributed by atoms with Gasteiger partial charge in [0.25, 0.3) is 0 Å². The van der Waals surface area contributed by atoms with E-state index in [-0.39, 0.29) is 0 Å². The van der Waals surface area contributed by atoms with E-state index in [9.17, 15) is 0 Å². The summed E-state index contributed by atoms with van der Waals surface area (Å²) in [5.41, 5.74) is 7.28. The molecule has 0 N–H and O–H groups in total. The lowest BCUT2D eigenvalue weighted by Gasteiger charge is -2.22. The van der Waals surface area contributed by atoms with E-state index in [1.54, 1.807) is 0 Å². The van der Waals surface area contributed by atoms with Crippen LogP contribution in [0.3, 0.4) is 0 Å². The second-order valence-corrected chi connectivity index (χ2v) is 5.60. The lowest BCUT2D eigenvalue weighted by atomic mass is 9.96. The summed E-state index contributed by atoms with van der Waals surface area (Å²) in [6.07, 6.45) is 8.62. The second kappa shape index (κ2) is 5.95. The molecule has 0 atom stereocenters. The number of nitrogens with zero attached hydrogens (tertiary/aromatic N) is 1. The maximum absolute atomic E-state index is 5.45.